The Bertz CT molecular complexity index is 297. The van der Waals surface area contributed by atoms with Gasteiger partial charge in [-0.2, -0.15) is 0 Å². The van der Waals surface area contributed by atoms with Crippen LogP contribution in [0, 0.1) is 5.92 Å². The quantitative estimate of drug-likeness (QED) is 0.856. The van der Waals surface area contributed by atoms with E-state index in [0.29, 0.717) is 12.0 Å². The van der Waals surface area contributed by atoms with Crippen LogP contribution >= 0.6 is 15.9 Å². The largest absolute Gasteiger partial charge is 0.309 e. The molecule has 0 spiro atoms. The van der Waals surface area contributed by atoms with Gasteiger partial charge in [0.05, 0.1) is 11.7 Å². The van der Waals surface area contributed by atoms with Gasteiger partial charge in [-0.3, -0.25) is 4.98 Å². The molecule has 1 heterocycles. The summed E-state index contributed by atoms with van der Waals surface area (Å²) < 4.78 is 1.04. The maximum Gasteiger partial charge on any atom is 0.0576 e. The highest BCUT2D eigenvalue weighted by Crippen LogP contribution is 2.24. The molecule has 0 aliphatic heterocycles. The van der Waals surface area contributed by atoms with Crippen molar-refractivity contribution in [2.24, 2.45) is 5.92 Å². The van der Waals surface area contributed by atoms with E-state index in [9.17, 15) is 0 Å². The number of hydrogen-bond donors (Lipinski definition) is 1. The summed E-state index contributed by atoms with van der Waals surface area (Å²) in [6.07, 6.45) is 4.33. The molecule has 0 amide bonds. The number of aromatic nitrogens is 1. The molecule has 0 aromatic carbocycles. The van der Waals surface area contributed by atoms with Crippen molar-refractivity contribution in [3.05, 3.63) is 28.5 Å². The van der Waals surface area contributed by atoms with Gasteiger partial charge in [-0.15, -0.1) is 0 Å². The zero-order chi connectivity index (χ0) is 12.0. The predicted molar refractivity (Wildman–Crippen MR) is 72.4 cm³/mol. The second kappa shape index (κ2) is 7.02. The first-order valence-corrected chi connectivity index (χ1v) is 6.83. The van der Waals surface area contributed by atoms with Crippen molar-refractivity contribution >= 4 is 15.9 Å². The Morgan fingerprint density at radius 2 is 2.12 bits per heavy atom. The molecule has 0 aliphatic rings. The van der Waals surface area contributed by atoms with Crippen LogP contribution in [0.1, 0.15) is 45.3 Å². The molecule has 90 valence electrons. The van der Waals surface area contributed by atoms with Gasteiger partial charge in [0.2, 0.25) is 0 Å². The highest BCUT2D eigenvalue weighted by atomic mass is 79.9. The zero-order valence-corrected chi connectivity index (χ0v) is 11.9. The minimum atomic E-state index is 0.373. The maximum atomic E-state index is 4.49. The van der Waals surface area contributed by atoms with Crippen molar-refractivity contribution in [2.75, 3.05) is 6.54 Å². The van der Waals surface area contributed by atoms with Crippen molar-refractivity contribution in [1.29, 1.82) is 0 Å². The van der Waals surface area contributed by atoms with Crippen LogP contribution in [0.15, 0.2) is 22.8 Å². The molecule has 3 heteroatoms. The molecule has 0 radical (unpaired) electrons. The van der Waals surface area contributed by atoms with Crippen molar-refractivity contribution in [3.63, 3.8) is 0 Å². The second-order valence-electron chi connectivity index (χ2n) is 4.20. The minimum absolute atomic E-state index is 0.373. The second-order valence-corrected chi connectivity index (χ2v) is 5.12. The number of halogens is 1. The summed E-state index contributed by atoms with van der Waals surface area (Å²) in [7, 11) is 0. The molecule has 2 atom stereocenters. The van der Waals surface area contributed by atoms with Crippen LogP contribution in [0.5, 0.6) is 0 Å². The molecule has 0 saturated heterocycles. The van der Waals surface area contributed by atoms with E-state index in [-0.39, 0.29) is 0 Å². The smallest absolute Gasteiger partial charge is 0.0576 e. The average Bonchev–Trinajstić information content (AvgIpc) is 2.28. The third-order valence-corrected chi connectivity index (χ3v) is 3.28. The molecule has 0 aliphatic carbocycles. The lowest BCUT2D eigenvalue weighted by molar-refractivity contribution is 0.362. The fourth-order valence-electron chi connectivity index (χ4n) is 2.01. The van der Waals surface area contributed by atoms with Gasteiger partial charge in [0, 0.05) is 10.7 Å². The maximum absolute atomic E-state index is 4.49. The van der Waals surface area contributed by atoms with Crippen molar-refractivity contribution < 1.29 is 0 Å². The summed E-state index contributed by atoms with van der Waals surface area (Å²) in [6, 6.07) is 4.53. The highest BCUT2D eigenvalue weighted by molar-refractivity contribution is 9.10. The van der Waals surface area contributed by atoms with Crippen LogP contribution in [0.3, 0.4) is 0 Å². The van der Waals surface area contributed by atoms with Crippen LogP contribution in [0.2, 0.25) is 0 Å². The topological polar surface area (TPSA) is 24.9 Å². The summed E-state index contributed by atoms with van der Waals surface area (Å²) in [5, 5.41) is 3.53. The summed E-state index contributed by atoms with van der Waals surface area (Å²) in [5.74, 6) is 0.624. The number of pyridine rings is 1. The van der Waals surface area contributed by atoms with E-state index in [4.69, 9.17) is 0 Å². The van der Waals surface area contributed by atoms with Crippen LogP contribution in [0.25, 0.3) is 0 Å². The van der Waals surface area contributed by atoms with Gasteiger partial charge < -0.3 is 5.32 Å². The number of nitrogens with zero attached hydrogens (tertiary/aromatic N) is 1. The van der Waals surface area contributed by atoms with Crippen molar-refractivity contribution in [3.8, 4) is 0 Å². The third kappa shape index (κ3) is 3.87. The lowest BCUT2D eigenvalue weighted by Gasteiger charge is -2.24. The molecule has 2 nitrogen and oxygen atoms in total. The Kier molecular flexibility index (Phi) is 5.99. The van der Waals surface area contributed by atoms with Crippen molar-refractivity contribution in [2.45, 2.75) is 39.7 Å². The summed E-state index contributed by atoms with van der Waals surface area (Å²) >= 11 is 3.42. The first kappa shape index (κ1) is 13.7. The van der Waals surface area contributed by atoms with E-state index in [1.807, 2.05) is 6.20 Å². The van der Waals surface area contributed by atoms with Crippen molar-refractivity contribution in [1.82, 2.24) is 10.3 Å². The first-order valence-electron chi connectivity index (χ1n) is 6.03. The Morgan fingerprint density at radius 3 is 2.62 bits per heavy atom. The van der Waals surface area contributed by atoms with E-state index >= 15 is 0 Å². The van der Waals surface area contributed by atoms with E-state index in [0.717, 1.165) is 16.7 Å². The van der Waals surface area contributed by atoms with Gasteiger partial charge >= 0.3 is 0 Å². The summed E-state index contributed by atoms with van der Waals surface area (Å²) in [6.45, 7) is 7.65. The Labute approximate surface area is 107 Å². The van der Waals surface area contributed by atoms with Crippen LogP contribution in [-0.4, -0.2) is 11.5 Å². The predicted octanol–water partition coefficient (Wildman–Crippen LogP) is 3.93. The molecule has 0 fully saturated rings. The van der Waals surface area contributed by atoms with E-state index in [1.165, 1.54) is 12.8 Å². The Morgan fingerprint density at radius 1 is 1.38 bits per heavy atom. The third-order valence-electron chi connectivity index (χ3n) is 2.81. The van der Waals surface area contributed by atoms with Gasteiger partial charge in [-0.25, -0.2) is 0 Å². The Balaban J connectivity index is 2.79. The van der Waals surface area contributed by atoms with Gasteiger partial charge in [0.25, 0.3) is 0 Å². The molecule has 16 heavy (non-hydrogen) atoms. The van der Waals surface area contributed by atoms with Gasteiger partial charge in [0.15, 0.2) is 0 Å². The lowest BCUT2D eigenvalue weighted by Crippen LogP contribution is -2.27. The molecule has 0 bridgehead atoms. The van der Waals surface area contributed by atoms with E-state index < -0.39 is 0 Å². The summed E-state index contributed by atoms with van der Waals surface area (Å²) in [5.41, 5.74) is 1.14. The van der Waals surface area contributed by atoms with Gasteiger partial charge in [0.1, 0.15) is 0 Å². The fourth-order valence-corrected chi connectivity index (χ4v) is 2.24. The van der Waals surface area contributed by atoms with E-state index in [1.54, 1.807) is 0 Å². The average molecular weight is 285 g/mol. The number of rotatable bonds is 6. The van der Waals surface area contributed by atoms with Crippen LogP contribution < -0.4 is 5.32 Å². The molecular weight excluding hydrogens is 264 g/mol. The fraction of sp³-hybridized carbons (Fsp3) is 0.615. The molecule has 1 aromatic rings. The molecule has 1 rings (SSSR count). The minimum Gasteiger partial charge on any atom is -0.309 e. The monoisotopic (exact) mass is 284 g/mol. The highest BCUT2D eigenvalue weighted by Gasteiger charge is 2.18. The molecular formula is C13H21BrN2. The number of nitrogens with one attached hydrogen (secondary N) is 1. The van der Waals surface area contributed by atoms with Crippen LogP contribution in [-0.2, 0) is 0 Å². The first-order chi connectivity index (χ1) is 7.69. The number of hydrogen-bond acceptors (Lipinski definition) is 2. The summed E-state index contributed by atoms with van der Waals surface area (Å²) in [4.78, 5) is 4.49. The standard InChI is InChI=1S/C13H21BrN2/c1-4-6-10(3)13(15-5-2)12-8-7-11(14)9-16-12/h7-10,13,15H,4-6H2,1-3H3. The molecule has 2 unspecified atom stereocenters. The SMILES string of the molecule is CCCC(C)C(NCC)c1ccc(Br)cn1. The molecule has 1 N–H and O–H groups in total. The zero-order valence-electron chi connectivity index (χ0n) is 10.3. The molecule has 1 aromatic heterocycles. The lowest BCUT2D eigenvalue weighted by atomic mass is 9.94. The van der Waals surface area contributed by atoms with Gasteiger partial charge in [-0.05, 0) is 46.9 Å². The van der Waals surface area contributed by atoms with E-state index in [2.05, 4.69) is 59.1 Å². The molecule has 0 saturated carbocycles. The normalized spacial score (nSPS) is 14.8. The Hall–Kier alpha value is -0.410. The van der Waals surface area contributed by atoms with Gasteiger partial charge in [-0.1, -0.05) is 27.2 Å². The van der Waals surface area contributed by atoms with Crippen LogP contribution in [0.4, 0.5) is 0 Å².